The molecule has 1 saturated carbocycles. The van der Waals surface area contributed by atoms with Crippen molar-refractivity contribution in [3.05, 3.63) is 71.8 Å². The quantitative estimate of drug-likeness (QED) is 0.476. The fraction of sp³-hybridized carbons (Fsp3) is 0.478. The summed E-state index contributed by atoms with van der Waals surface area (Å²) in [6, 6.07) is 19.8. The number of benzene rings is 2. The molecule has 158 valence electrons. The predicted molar refractivity (Wildman–Crippen MR) is 113 cm³/mol. The van der Waals surface area contributed by atoms with E-state index in [-0.39, 0.29) is 12.2 Å². The molecule has 0 N–H and O–H groups in total. The van der Waals surface area contributed by atoms with Gasteiger partial charge in [-0.25, -0.2) is 0 Å². The van der Waals surface area contributed by atoms with E-state index in [2.05, 4.69) is 0 Å². The van der Waals surface area contributed by atoms with Crippen molar-refractivity contribution in [2.75, 3.05) is 6.61 Å². The van der Waals surface area contributed by atoms with Gasteiger partial charge in [-0.3, -0.25) is 4.18 Å². The van der Waals surface area contributed by atoms with Crippen LogP contribution in [0.3, 0.4) is 0 Å². The zero-order chi connectivity index (χ0) is 20.7. The molecule has 0 aliphatic heterocycles. The van der Waals surface area contributed by atoms with Gasteiger partial charge in [0.15, 0.2) is 0 Å². The number of rotatable bonds is 12. The fourth-order valence-electron chi connectivity index (χ4n) is 3.30. The molecule has 0 spiro atoms. The Labute approximate surface area is 174 Å². The first-order valence-electron chi connectivity index (χ1n) is 10.1. The Balaban J connectivity index is 1.63. The minimum absolute atomic E-state index is 0.327. The van der Waals surface area contributed by atoms with E-state index in [9.17, 15) is 8.42 Å². The van der Waals surface area contributed by atoms with Gasteiger partial charge in [0, 0.05) is 0 Å². The zero-order valence-electron chi connectivity index (χ0n) is 17.1. The molecule has 6 heteroatoms. The number of hydrogen-bond donors (Lipinski definition) is 0. The van der Waals surface area contributed by atoms with Gasteiger partial charge in [0.05, 0.1) is 32.0 Å². The van der Waals surface area contributed by atoms with E-state index >= 15 is 0 Å². The molecule has 1 atom stereocenters. The van der Waals surface area contributed by atoms with Crippen LogP contribution in [0.5, 0.6) is 0 Å². The second-order valence-corrected chi connectivity index (χ2v) is 9.87. The molecule has 0 aromatic heterocycles. The third kappa shape index (κ3) is 6.37. The summed E-state index contributed by atoms with van der Waals surface area (Å²) in [7, 11) is -3.64. The van der Waals surface area contributed by atoms with Gasteiger partial charge in [-0.2, -0.15) is 8.42 Å². The lowest BCUT2D eigenvalue weighted by Crippen LogP contribution is -2.34. The smallest absolute Gasteiger partial charge is 0.273 e. The van der Waals surface area contributed by atoms with Crippen molar-refractivity contribution in [2.45, 2.75) is 63.3 Å². The second-order valence-electron chi connectivity index (χ2n) is 7.91. The highest BCUT2D eigenvalue weighted by atomic mass is 32.2. The lowest BCUT2D eigenvalue weighted by atomic mass is 10.1. The molecule has 0 radical (unpaired) electrons. The van der Waals surface area contributed by atoms with E-state index in [0.717, 1.165) is 11.1 Å². The Morgan fingerprint density at radius 1 is 0.897 bits per heavy atom. The van der Waals surface area contributed by atoms with Crippen LogP contribution >= 0.6 is 0 Å². The number of hydrogen-bond acceptors (Lipinski definition) is 5. The van der Waals surface area contributed by atoms with Crippen LogP contribution in [0.25, 0.3) is 0 Å². The van der Waals surface area contributed by atoms with Crippen LogP contribution in [0.15, 0.2) is 60.7 Å². The van der Waals surface area contributed by atoms with Crippen molar-refractivity contribution < 1.29 is 22.1 Å². The molecule has 0 bridgehead atoms. The molecule has 0 heterocycles. The highest BCUT2D eigenvalue weighted by Crippen LogP contribution is 2.49. The summed E-state index contributed by atoms with van der Waals surface area (Å²) in [6.45, 7) is 4.69. The fourth-order valence-corrected chi connectivity index (χ4v) is 5.01. The van der Waals surface area contributed by atoms with Crippen molar-refractivity contribution in [3.8, 4) is 0 Å². The van der Waals surface area contributed by atoms with Gasteiger partial charge in [-0.15, -0.1) is 0 Å². The van der Waals surface area contributed by atoms with Crippen LogP contribution in [-0.4, -0.2) is 32.0 Å². The van der Waals surface area contributed by atoms with Gasteiger partial charge >= 0.3 is 0 Å². The Kier molecular flexibility index (Phi) is 7.46. The van der Waals surface area contributed by atoms with E-state index < -0.39 is 14.9 Å². The van der Waals surface area contributed by atoms with Crippen LogP contribution < -0.4 is 0 Å². The first-order valence-corrected chi connectivity index (χ1v) is 11.5. The third-order valence-corrected chi connectivity index (χ3v) is 7.27. The summed E-state index contributed by atoms with van der Waals surface area (Å²) >= 11 is 0. The van der Waals surface area contributed by atoms with Crippen molar-refractivity contribution in [1.82, 2.24) is 0 Å². The monoisotopic (exact) mass is 418 g/mol. The predicted octanol–water partition coefficient (Wildman–Crippen LogP) is 4.47. The lowest BCUT2D eigenvalue weighted by Gasteiger charge is -2.24. The molecule has 2 aromatic carbocycles. The molecule has 0 saturated heterocycles. The maximum absolute atomic E-state index is 12.7. The average molecular weight is 419 g/mol. The Hall–Kier alpha value is -1.73. The molecule has 5 nitrogen and oxygen atoms in total. The summed E-state index contributed by atoms with van der Waals surface area (Å²) in [6.07, 6.45) is 0.893. The third-order valence-electron chi connectivity index (χ3n) is 5.00. The molecule has 1 aliphatic rings. The minimum atomic E-state index is -3.64. The maximum atomic E-state index is 12.7. The molecule has 1 fully saturated rings. The van der Waals surface area contributed by atoms with E-state index in [1.165, 1.54) is 0 Å². The Morgan fingerprint density at radius 2 is 1.45 bits per heavy atom. The van der Waals surface area contributed by atoms with Crippen molar-refractivity contribution in [3.63, 3.8) is 0 Å². The zero-order valence-corrected chi connectivity index (χ0v) is 17.9. The van der Waals surface area contributed by atoms with Crippen LogP contribution in [0.4, 0.5) is 0 Å². The average Bonchev–Trinajstić information content (AvgIpc) is 3.48. The molecule has 2 aromatic rings. The molecular formula is C23H30O5S. The summed E-state index contributed by atoms with van der Waals surface area (Å²) < 4.78 is 41.8. The lowest BCUT2D eigenvalue weighted by molar-refractivity contribution is -0.0349. The van der Waals surface area contributed by atoms with Crippen LogP contribution in [-0.2, 0) is 37.0 Å². The van der Waals surface area contributed by atoms with E-state index in [1.807, 2.05) is 60.7 Å². The molecule has 29 heavy (non-hydrogen) atoms. The molecule has 3 rings (SSSR count). The topological polar surface area (TPSA) is 61.8 Å². The van der Waals surface area contributed by atoms with Crippen LogP contribution in [0.2, 0.25) is 0 Å². The summed E-state index contributed by atoms with van der Waals surface area (Å²) in [5, 5.41) is 0. The van der Waals surface area contributed by atoms with Gasteiger partial charge in [0.25, 0.3) is 10.1 Å². The van der Waals surface area contributed by atoms with Crippen molar-refractivity contribution in [1.29, 1.82) is 0 Å². The standard InChI is InChI=1S/C23H30O5S/c1-19(2)28-29(24,25)23(13-14-23)15-22(27-17-21-11-7-4-8-12-21)18-26-16-20-9-5-3-6-10-20/h3-12,19,22H,13-18H2,1-2H3/t22-/m0/s1. The highest BCUT2D eigenvalue weighted by molar-refractivity contribution is 7.88. The van der Waals surface area contributed by atoms with E-state index in [0.29, 0.717) is 39.1 Å². The largest absolute Gasteiger partial charge is 0.374 e. The van der Waals surface area contributed by atoms with Crippen molar-refractivity contribution in [2.24, 2.45) is 0 Å². The van der Waals surface area contributed by atoms with Gasteiger partial charge in [0.1, 0.15) is 4.75 Å². The van der Waals surface area contributed by atoms with Gasteiger partial charge < -0.3 is 9.47 Å². The van der Waals surface area contributed by atoms with Crippen LogP contribution in [0.1, 0.15) is 44.2 Å². The molecule has 0 unspecified atom stereocenters. The summed E-state index contributed by atoms with van der Waals surface area (Å²) in [5.74, 6) is 0. The van der Waals surface area contributed by atoms with Gasteiger partial charge in [-0.1, -0.05) is 60.7 Å². The van der Waals surface area contributed by atoms with Crippen LogP contribution in [0, 0.1) is 0 Å². The highest BCUT2D eigenvalue weighted by Gasteiger charge is 2.56. The first-order chi connectivity index (χ1) is 13.9. The molecular weight excluding hydrogens is 388 g/mol. The minimum Gasteiger partial charge on any atom is -0.374 e. The number of ether oxygens (including phenoxy) is 2. The SMILES string of the molecule is CC(C)OS(=O)(=O)C1(C[C@@H](COCc2ccccc2)OCc2ccccc2)CC1. The summed E-state index contributed by atoms with van der Waals surface area (Å²) in [4.78, 5) is 0. The summed E-state index contributed by atoms with van der Waals surface area (Å²) in [5.41, 5.74) is 2.12. The van der Waals surface area contributed by atoms with E-state index in [1.54, 1.807) is 13.8 Å². The second kappa shape index (κ2) is 9.85. The molecule has 0 amide bonds. The Morgan fingerprint density at radius 3 is 1.97 bits per heavy atom. The maximum Gasteiger partial charge on any atom is 0.273 e. The van der Waals surface area contributed by atoms with Crippen molar-refractivity contribution >= 4 is 10.1 Å². The molecule has 1 aliphatic carbocycles. The first kappa shape index (κ1) is 22.0. The normalized spacial score (nSPS) is 16.7. The van der Waals surface area contributed by atoms with Gasteiger partial charge in [0.2, 0.25) is 0 Å². The van der Waals surface area contributed by atoms with Gasteiger partial charge in [-0.05, 0) is 44.2 Å². The Bertz CT molecular complexity index is 845. The van der Waals surface area contributed by atoms with E-state index in [4.69, 9.17) is 13.7 Å².